The number of fused-ring (bicyclic) bond motifs is 1. The molecule has 1 unspecified atom stereocenters. The Labute approximate surface area is 145 Å². The average Bonchev–Trinajstić information content (AvgIpc) is 3.16. The van der Waals surface area contributed by atoms with Gasteiger partial charge in [-0.25, -0.2) is 4.39 Å². The molecule has 0 saturated carbocycles. The number of allylic oxidation sites excluding steroid dienone is 1. The first-order valence-electron chi connectivity index (χ1n) is 7.88. The molecule has 0 spiro atoms. The van der Waals surface area contributed by atoms with E-state index in [1.54, 1.807) is 18.4 Å². The lowest BCUT2D eigenvalue weighted by Gasteiger charge is -2.34. The van der Waals surface area contributed by atoms with E-state index in [0.29, 0.717) is 11.3 Å². The summed E-state index contributed by atoms with van der Waals surface area (Å²) in [6.45, 7) is 0. The van der Waals surface area contributed by atoms with Crippen molar-refractivity contribution < 1.29 is 9.13 Å². The van der Waals surface area contributed by atoms with Gasteiger partial charge in [0, 0.05) is 16.5 Å². The summed E-state index contributed by atoms with van der Waals surface area (Å²) in [5.74, 6) is 0.310. The lowest BCUT2D eigenvalue weighted by atomic mass is 9.70. The van der Waals surface area contributed by atoms with Crippen molar-refractivity contribution in [2.75, 3.05) is 7.11 Å². The zero-order valence-electron chi connectivity index (χ0n) is 13.3. The number of ether oxygens (including phenoxy) is 1. The maximum absolute atomic E-state index is 14.9. The van der Waals surface area contributed by atoms with Gasteiger partial charge in [0.15, 0.2) is 0 Å². The van der Waals surface area contributed by atoms with E-state index in [1.807, 2.05) is 35.7 Å². The number of hydrogen-bond acceptors (Lipinski definition) is 2. The molecular weight excluding hydrogens is 319 g/mol. The Kier molecular flexibility index (Phi) is 3.73. The molecule has 2 aromatic carbocycles. The highest BCUT2D eigenvalue weighted by atomic mass is 32.1. The quantitative estimate of drug-likeness (QED) is 0.618. The molecule has 0 bridgehead atoms. The molecule has 0 radical (unpaired) electrons. The van der Waals surface area contributed by atoms with Crippen LogP contribution in [-0.2, 0) is 11.8 Å². The number of hydrogen-bond donors (Lipinski definition) is 0. The van der Waals surface area contributed by atoms with Gasteiger partial charge in [-0.2, -0.15) is 0 Å². The zero-order valence-corrected chi connectivity index (χ0v) is 14.1. The topological polar surface area (TPSA) is 9.23 Å². The smallest absolute Gasteiger partial charge is 0.131 e. The average molecular weight is 336 g/mol. The van der Waals surface area contributed by atoms with E-state index >= 15 is 0 Å². The SMILES string of the molecule is COc1ccc(C2(c3cccs3)C=Cc3ccccc3C2)c(F)c1. The highest BCUT2D eigenvalue weighted by Gasteiger charge is 2.37. The fraction of sp³-hybridized carbons (Fsp3) is 0.143. The number of benzene rings is 2. The number of thiophene rings is 1. The van der Waals surface area contributed by atoms with E-state index in [2.05, 4.69) is 30.4 Å². The Morgan fingerprint density at radius 3 is 2.71 bits per heavy atom. The molecular formula is C21H17FOS. The van der Waals surface area contributed by atoms with Gasteiger partial charge in [-0.15, -0.1) is 11.3 Å². The van der Waals surface area contributed by atoms with Crippen LogP contribution in [0.15, 0.2) is 66.1 Å². The van der Waals surface area contributed by atoms with Gasteiger partial charge in [-0.3, -0.25) is 0 Å². The fourth-order valence-corrected chi connectivity index (χ4v) is 4.37. The Bertz CT molecular complexity index is 898. The van der Waals surface area contributed by atoms with Crippen LogP contribution in [0.25, 0.3) is 6.08 Å². The molecule has 3 heteroatoms. The lowest BCUT2D eigenvalue weighted by Crippen LogP contribution is -2.30. The predicted molar refractivity (Wildman–Crippen MR) is 97.2 cm³/mol. The third-order valence-corrected chi connectivity index (χ3v) is 5.74. The second-order valence-electron chi connectivity index (χ2n) is 6.00. The van der Waals surface area contributed by atoms with Gasteiger partial charge < -0.3 is 4.74 Å². The minimum atomic E-state index is -0.473. The molecule has 1 nitrogen and oxygen atoms in total. The third kappa shape index (κ3) is 2.36. The molecule has 0 amide bonds. The van der Waals surface area contributed by atoms with Crippen LogP contribution < -0.4 is 4.74 Å². The Balaban J connectivity index is 1.92. The summed E-state index contributed by atoms with van der Waals surface area (Å²) in [5.41, 5.74) is 2.66. The molecule has 120 valence electrons. The summed E-state index contributed by atoms with van der Waals surface area (Å²) in [6.07, 6.45) is 5.01. The number of rotatable bonds is 3. The molecule has 1 atom stereocenters. The maximum Gasteiger partial charge on any atom is 0.131 e. The van der Waals surface area contributed by atoms with Crippen molar-refractivity contribution in [1.82, 2.24) is 0 Å². The largest absolute Gasteiger partial charge is 0.497 e. The van der Waals surface area contributed by atoms with Crippen molar-refractivity contribution in [3.8, 4) is 5.75 Å². The molecule has 0 saturated heterocycles. The first kappa shape index (κ1) is 15.2. The fourth-order valence-electron chi connectivity index (χ4n) is 3.45. The second kappa shape index (κ2) is 5.91. The van der Waals surface area contributed by atoms with Crippen molar-refractivity contribution in [3.63, 3.8) is 0 Å². The van der Waals surface area contributed by atoms with E-state index in [9.17, 15) is 4.39 Å². The molecule has 4 rings (SSSR count). The van der Waals surface area contributed by atoms with Gasteiger partial charge in [0.1, 0.15) is 11.6 Å². The second-order valence-corrected chi connectivity index (χ2v) is 6.95. The third-order valence-electron chi connectivity index (χ3n) is 4.69. The molecule has 1 aliphatic carbocycles. The van der Waals surface area contributed by atoms with Crippen LogP contribution in [0.1, 0.15) is 21.6 Å². The Morgan fingerprint density at radius 2 is 1.96 bits per heavy atom. The van der Waals surface area contributed by atoms with Gasteiger partial charge in [-0.1, -0.05) is 48.6 Å². The minimum absolute atomic E-state index is 0.230. The van der Waals surface area contributed by atoms with Gasteiger partial charge in [0.05, 0.1) is 12.5 Å². The molecule has 0 fully saturated rings. The van der Waals surface area contributed by atoms with Crippen molar-refractivity contribution in [3.05, 3.63) is 93.4 Å². The van der Waals surface area contributed by atoms with Crippen molar-refractivity contribution in [2.24, 2.45) is 0 Å². The molecule has 1 aromatic heterocycles. The summed E-state index contributed by atoms with van der Waals surface area (Å²) < 4.78 is 20.1. The van der Waals surface area contributed by atoms with Crippen LogP contribution in [0, 0.1) is 5.82 Å². The van der Waals surface area contributed by atoms with Crippen molar-refractivity contribution in [1.29, 1.82) is 0 Å². The predicted octanol–water partition coefficient (Wildman–Crippen LogP) is 5.45. The molecule has 1 heterocycles. The van der Waals surface area contributed by atoms with E-state index < -0.39 is 5.41 Å². The number of halogens is 1. The minimum Gasteiger partial charge on any atom is -0.497 e. The van der Waals surface area contributed by atoms with Gasteiger partial charge in [0.25, 0.3) is 0 Å². The normalized spacial score (nSPS) is 19.1. The highest BCUT2D eigenvalue weighted by molar-refractivity contribution is 7.10. The summed E-state index contributed by atoms with van der Waals surface area (Å²) in [4.78, 5) is 1.15. The molecule has 0 aliphatic heterocycles. The van der Waals surface area contributed by atoms with E-state index in [0.717, 1.165) is 11.3 Å². The molecule has 24 heavy (non-hydrogen) atoms. The summed E-state index contributed by atoms with van der Waals surface area (Å²) in [7, 11) is 1.56. The van der Waals surface area contributed by atoms with Crippen LogP contribution in [-0.4, -0.2) is 7.11 Å². The summed E-state index contributed by atoms with van der Waals surface area (Å²) in [5, 5.41) is 2.05. The van der Waals surface area contributed by atoms with Crippen LogP contribution >= 0.6 is 11.3 Å². The maximum atomic E-state index is 14.9. The van der Waals surface area contributed by atoms with Gasteiger partial charge >= 0.3 is 0 Å². The number of methoxy groups -OCH3 is 1. The Morgan fingerprint density at radius 1 is 1.08 bits per heavy atom. The highest BCUT2D eigenvalue weighted by Crippen LogP contribution is 2.44. The summed E-state index contributed by atoms with van der Waals surface area (Å²) in [6, 6.07) is 17.6. The molecule has 1 aliphatic rings. The van der Waals surface area contributed by atoms with Crippen molar-refractivity contribution in [2.45, 2.75) is 11.8 Å². The monoisotopic (exact) mass is 336 g/mol. The standard InChI is InChI=1S/C21H17FOS/c1-23-17-8-9-18(19(22)13-17)21(20-7-4-12-24-20)11-10-15-5-2-3-6-16(15)14-21/h2-13H,14H2,1H3. The first-order valence-corrected chi connectivity index (χ1v) is 8.76. The molecule has 3 aromatic rings. The van der Waals surface area contributed by atoms with Crippen LogP contribution in [0.2, 0.25) is 0 Å². The lowest BCUT2D eigenvalue weighted by molar-refractivity contribution is 0.409. The van der Waals surface area contributed by atoms with Crippen LogP contribution in [0.3, 0.4) is 0 Å². The van der Waals surface area contributed by atoms with E-state index in [1.165, 1.54) is 17.2 Å². The zero-order chi connectivity index (χ0) is 16.6. The van der Waals surface area contributed by atoms with E-state index in [4.69, 9.17) is 4.74 Å². The van der Waals surface area contributed by atoms with Gasteiger partial charge in [-0.05, 0) is 35.1 Å². The van der Waals surface area contributed by atoms with E-state index in [-0.39, 0.29) is 5.82 Å². The van der Waals surface area contributed by atoms with Crippen molar-refractivity contribution >= 4 is 17.4 Å². The van der Waals surface area contributed by atoms with Crippen LogP contribution in [0.4, 0.5) is 4.39 Å². The molecule has 0 N–H and O–H groups in total. The first-order chi connectivity index (χ1) is 11.7. The summed E-state index contributed by atoms with van der Waals surface area (Å²) >= 11 is 1.67. The van der Waals surface area contributed by atoms with Gasteiger partial charge in [0.2, 0.25) is 0 Å². The van der Waals surface area contributed by atoms with Crippen LogP contribution in [0.5, 0.6) is 5.75 Å². The Hall–Kier alpha value is -2.39.